The van der Waals surface area contributed by atoms with Crippen molar-refractivity contribution >= 4 is 17.4 Å². The number of aryl methyl sites for hydroxylation is 2. The predicted octanol–water partition coefficient (Wildman–Crippen LogP) is 3.03. The van der Waals surface area contributed by atoms with E-state index in [0.717, 1.165) is 5.56 Å². The van der Waals surface area contributed by atoms with E-state index in [1.165, 1.54) is 11.1 Å². The number of benzene rings is 2. The van der Waals surface area contributed by atoms with Gasteiger partial charge >= 0.3 is 0 Å². The fourth-order valence-corrected chi connectivity index (χ4v) is 2.49. The summed E-state index contributed by atoms with van der Waals surface area (Å²) < 4.78 is 0. The van der Waals surface area contributed by atoms with Crippen molar-refractivity contribution in [2.24, 2.45) is 0 Å². The lowest BCUT2D eigenvalue weighted by Crippen LogP contribution is -2.29. The molecule has 0 radical (unpaired) electrons. The Morgan fingerprint density at radius 1 is 0.950 bits per heavy atom. The van der Waals surface area contributed by atoms with Gasteiger partial charge in [0.1, 0.15) is 0 Å². The predicted molar refractivity (Wildman–Crippen MR) is 77.9 cm³/mol. The first-order chi connectivity index (χ1) is 9.58. The number of nitrogens with zero attached hydrogens (tertiary/aromatic N) is 1. The van der Waals surface area contributed by atoms with Gasteiger partial charge in [-0.3, -0.25) is 9.59 Å². The molecule has 0 unspecified atom stereocenters. The van der Waals surface area contributed by atoms with Gasteiger partial charge in [0.2, 0.25) is 0 Å². The molecule has 2 aromatic carbocycles. The van der Waals surface area contributed by atoms with Crippen LogP contribution in [0.5, 0.6) is 0 Å². The average molecular weight is 265 g/mol. The molecule has 0 atom stereocenters. The number of ketones is 1. The molecule has 3 heteroatoms. The number of carbonyl (C=O) groups excluding carboxylic acids is 2. The Morgan fingerprint density at radius 2 is 1.70 bits per heavy atom. The highest BCUT2D eigenvalue weighted by Crippen LogP contribution is 2.30. The zero-order valence-corrected chi connectivity index (χ0v) is 11.5. The third-order valence-electron chi connectivity index (χ3n) is 3.79. The Kier molecular flexibility index (Phi) is 2.90. The lowest BCUT2D eigenvalue weighted by molar-refractivity contribution is -0.114. The van der Waals surface area contributed by atoms with Crippen LogP contribution < -0.4 is 4.90 Å². The number of amides is 1. The Balaban J connectivity index is 1.97. The van der Waals surface area contributed by atoms with Crippen LogP contribution in [0.3, 0.4) is 0 Å². The quantitative estimate of drug-likeness (QED) is 0.783. The van der Waals surface area contributed by atoms with Crippen molar-refractivity contribution in [2.75, 3.05) is 4.90 Å². The average Bonchev–Trinajstić information content (AvgIpc) is 2.69. The van der Waals surface area contributed by atoms with Crippen molar-refractivity contribution in [2.45, 2.75) is 20.4 Å². The van der Waals surface area contributed by atoms with E-state index in [-0.39, 0.29) is 0 Å². The SMILES string of the molecule is Cc1ccc(CN2C(=O)C(=O)c3ccccc32)cc1C. The molecule has 0 spiro atoms. The first-order valence-electron chi connectivity index (χ1n) is 6.59. The summed E-state index contributed by atoms with van der Waals surface area (Å²) in [7, 11) is 0. The maximum absolute atomic E-state index is 12.1. The Labute approximate surface area is 117 Å². The van der Waals surface area contributed by atoms with Gasteiger partial charge in [0, 0.05) is 0 Å². The molecule has 1 amide bonds. The van der Waals surface area contributed by atoms with E-state index < -0.39 is 11.7 Å². The monoisotopic (exact) mass is 265 g/mol. The molecule has 3 nitrogen and oxygen atoms in total. The van der Waals surface area contributed by atoms with Crippen molar-refractivity contribution in [3.63, 3.8) is 0 Å². The van der Waals surface area contributed by atoms with Gasteiger partial charge in [-0.15, -0.1) is 0 Å². The van der Waals surface area contributed by atoms with Crippen LogP contribution in [-0.4, -0.2) is 11.7 Å². The molecular formula is C17H15NO2. The van der Waals surface area contributed by atoms with Crippen LogP contribution in [0.4, 0.5) is 5.69 Å². The van der Waals surface area contributed by atoms with Gasteiger partial charge in [-0.25, -0.2) is 0 Å². The van der Waals surface area contributed by atoms with Crippen LogP contribution in [0.25, 0.3) is 0 Å². The topological polar surface area (TPSA) is 37.4 Å². The van der Waals surface area contributed by atoms with Crippen LogP contribution in [-0.2, 0) is 11.3 Å². The van der Waals surface area contributed by atoms with Gasteiger partial charge in [0.05, 0.1) is 17.8 Å². The first kappa shape index (κ1) is 12.6. The highest BCUT2D eigenvalue weighted by molar-refractivity contribution is 6.52. The summed E-state index contributed by atoms with van der Waals surface area (Å²) in [5.74, 6) is -0.853. The minimum Gasteiger partial charge on any atom is -0.300 e. The summed E-state index contributed by atoms with van der Waals surface area (Å²) in [6, 6.07) is 13.3. The third kappa shape index (κ3) is 1.92. The van der Waals surface area contributed by atoms with Gasteiger partial charge in [0.25, 0.3) is 11.7 Å². The summed E-state index contributed by atoms with van der Waals surface area (Å²) >= 11 is 0. The van der Waals surface area contributed by atoms with E-state index in [1.807, 2.05) is 31.2 Å². The summed E-state index contributed by atoms with van der Waals surface area (Å²) in [5.41, 5.74) is 4.65. The fraction of sp³-hybridized carbons (Fsp3) is 0.176. The minimum absolute atomic E-state index is 0.413. The molecular weight excluding hydrogens is 250 g/mol. The van der Waals surface area contributed by atoms with Crippen molar-refractivity contribution in [1.82, 2.24) is 0 Å². The van der Waals surface area contributed by atoms with E-state index >= 15 is 0 Å². The molecule has 0 saturated heterocycles. The van der Waals surface area contributed by atoms with Crippen molar-refractivity contribution in [3.8, 4) is 0 Å². The molecule has 0 fully saturated rings. The molecule has 3 rings (SSSR count). The minimum atomic E-state index is -0.440. The molecule has 0 aliphatic carbocycles. The Morgan fingerprint density at radius 3 is 2.45 bits per heavy atom. The molecule has 0 N–H and O–H groups in total. The Bertz CT molecular complexity index is 719. The smallest absolute Gasteiger partial charge is 0.299 e. The fourth-order valence-electron chi connectivity index (χ4n) is 2.49. The second-order valence-corrected chi connectivity index (χ2v) is 5.16. The number of anilines is 1. The molecule has 1 aliphatic heterocycles. The maximum Gasteiger partial charge on any atom is 0.299 e. The zero-order valence-electron chi connectivity index (χ0n) is 11.5. The van der Waals surface area contributed by atoms with E-state index in [0.29, 0.717) is 17.8 Å². The number of para-hydroxylation sites is 1. The largest absolute Gasteiger partial charge is 0.300 e. The van der Waals surface area contributed by atoms with Gasteiger partial charge < -0.3 is 4.90 Å². The van der Waals surface area contributed by atoms with Gasteiger partial charge in [-0.2, -0.15) is 0 Å². The van der Waals surface area contributed by atoms with Crippen LogP contribution in [0, 0.1) is 13.8 Å². The van der Waals surface area contributed by atoms with Gasteiger partial charge in [0.15, 0.2) is 0 Å². The van der Waals surface area contributed by atoms with Crippen LogP contribution in [0.15, 0.2) is 42.5 Å². The molecule has 0 bridgehead atoms. The van der Waals surface area contributed by atoms with E-state index in [9.17, 15) is 9.59 Å². The molecule has 100 valence electrons. The summed E-state index contributed by atoms with van der Waals surface area (Å²) in [6.07, 6.45) is 0. The van der Waals surface area contributed by atoms with Crippen molar-refractivity contribution < 1.29 is 9.59 Å². The van der Waals surface area contributed by atoms with Crippen LogP contribution >= 0.6 is 0 Å². The molecule has 0 aromatic heterocycles. The lowest BCUT2D eigenvalue weighted by Gasteiger charge is -2.17. The number of rotatable bonds is 2. The highest BCUT2D eigenvalue weighted by atomic mass is 16.2. The molecule has 1 heterocycles. The van der Waals surface area contributed by atoms with Gasteiger partial charge in [-0.05, 0) is 42.7 Å². The number of carbonyl (C=O) groups is 2. The maximum atomic E-state index is 12.1. The number of hydrogen-bond donors (Lipinski definition) is 0. The van der Waals surface area contributed by atoms with E-state index in [1.54, 1.807) is 17.0 Å². The zero-order chi connectivity index (χ0) is 14.3. The standard InChI is InChI=1S/C17H15NO2/c1-11-7-8-13(9-12(11)2)10-18-15-6-4-3-5-14(15)16(19)17(18)20/h3-9H,10H2,1-2H3. The van der Waals surface area contributed by atoms with Crippen LogP contribution in [0.1, 0.15) is 27.0 Å². The lowest BCUT2D eigenvalue weighted by atomic mass is 10.1. The van der Waals surface area contributed by atoms with Crippen molar-refractivity contribution in [3.05, 3.63) is 64.7 Å². The second-order valence-electron chi connectivity index (χ2n) is 5.16. The molecule has 1 aliphatic rings. The summed E-state index contributed by atoms with van der Waals surface area (Å²) in [6.45, 7) is 4.53. The number of fused-ring (bicyclic) bond motifs is 1. The number of Topliss-reactive ketones (excluding diaryl/α,β-unsaturated/α-hetero) is 1. The van der Waals surface area contributed by atoms with Gasteiger partial charge in [-0.1, -0.05) is 30.3 Å². The number of hydrogen-bond acceptors (Lipinski definition) is 2. The Hall–Kier alpha value is -2.42. The summed E-state index contributed by atoms with van der Waals surface area (Å²) in [4.78, 5) is 25.6. The molecule has 2 aromatic rings. The first-order valence-corrected chi connectivity index (χ1v) is 6.59. The third-order valence-corrected chi connectivity index (χ3v) is 3.79. The second kappa shape index (κ2) is 4.60. The van der Waals surface area contributed by atoms with E-state index in [4.69, 9.17) is 0 Å². The normalized spacial score (nSPS) is 13.8. The highest BCUT2D eigenvalue weighted by Gasteiger charge is 2.35. The molecule has 20 heavy (non-hydrogen) atoms. The molecule has 0 saturated carbocycles. The van der Waals surface area contributed by atoms with Crippen LogP contribution in [0.2, 0.25) is 0 Å². The van der Waals surface area contributed by atoms with E-state index in [2.05, 4.69) is 13.0 Å². The van der Waals surface area contributed by atoms with Crippen molar-refractivity contribution in [1.29, 1.82) is 0 Å². The summed E-state index contributed by atoms with van der Waals surface area (Å²) in [5, 5.41) is 0.